The molecule has 0 aliphatic rings. The molecule has 0 atom stereocenters. The predicted molar refractivity (Wildman–Crippen MR) is 16.7 cm³/mol. The van der Waals surface area contributed by atoms with E-state index in [0.717, 1.165) is 0 Å². The second-order valence-electron chi connectivity index (χ2n) is 0. The van der Waals surface area contributed by atoms with Crippen molar-refractivity contribution in [1.82, 2.24) is 0 Å². The van der Waals surface area contributed by atoms with Gasteiger partial charge in [-0.25, -0.2) is 0 Å². The first-order chi connectivity index (χ1) is 1.00. The SMILES string of the molecule is Cl.O.[Cl][Ru]. The van der Waals surface area contributed by atoms with Crippen molar-refractivity contribution in [2.24, 2.45) is 0 Å². The topological polar surface area (TPSA) is 31.5 Å². The number of rotatable bonds is 0. The van der Waals surface area contributed by atoms with E-state index in [-0.39, 0.29) is 17.9 Å². The van der Waals surface area contributed by atoms with E-state index in [1.54, 1.807) is 0 Å². The van der Waals surface area contributed by atoms with Crippen LogP contribution in [0.1, 0.15) is 0 Å². The van der Waals surface area contributed by atoms with Crippen molar-refractivity contribution < 1.29 is 22.8 Å². The van der Waals surface area contributed by atoms with Gasteiger partial charge in [-0.3, -0.25) is 0 Å². The maximum atomic E-state index is 4.57. The Kier molecular flexibility index (Phi) is 147. The van der Waals surface area contributed by atoms with Gasteiger partial charge < -0.3 is 5.48 Å². The molecule has 0 bridgehead atoms. The van der Waals surface area contributed by atoms with E-state index >= 15 is 0 Å². The zero-order valence-electron chi connectivity index (χ0n) is 1.64. The van der Waals surface area contributed by atoms with Crippen LogP contribution in [0.5, 0.6) is 0 Å². The van der Waals surface area contributed by atoms with Crippen LogP contribution in [-0.4, -0.2) is 5.48 Å². The second kappa shape index (κ2) is 30.8. The summed E-state index contributed by atoms with van der Waals surface area (Å²) in [5, 5.41) is 0. The number of hydrogen-bond donors (Lipinski definition) is 0. The van der Waals surface area contributed by atoms with E-state index in [1.807, 2.05) is 17.3 Å². The molecule has 0 heterocycles. The molecule has 0 radical (unpaired) electrons. The van der Waals surface area contributed by atoms with Crippen LogP contribution >= 0.6 is 22.1 Å². The van der Waals surface area contributed by atoms with E-state index in [1.165, 1.54) is 0 Å². The fourth-order valence-corrected chi connectivity index (χ4v) is 0. The summed E-state index contributed by atoms with van der Waals surface area (Å²) in [4.78, 5) is 0. The van der Waals surface area contributed by atoms with Gasteiger partial charge in [0.25, 0.3) is 0 Å². The third kappa shape index (κ3) is 10.9. The molecule has 0 rings (SSSR count). The van der Waals surface area contributed by atoms with Gasteiger partial charge in [0.1, 0.15) is 0 Å². The van der Waals surface area contributed by atoms with Crippen LogP contribution in [-0.2, 0) is 17.3 Å². The van der Waals surface area contributed by atoms with Gasteiger partial charge in [0, 0.05) is 0 Å². The summed E-state index contributed by atoms with van der Waals surface area (Å²) in [6.07, 6.45) is 0. The van der Waals surface area contributed by atoms with Crippen LogP contribution < -0.4 is 0 Å². The molecule has 2 N–H and O–H groups in total. The first-order valence-corrected chi connectivity index (χ1v) is 2.37. The minimum absolute atomic E-state index is 0. The summed E-state index contributed by atoms with van der Waals surface area (Å²) in [7, 11) is 4.57. The molecular formula is H3Cl2ORu. The Labute approximate surface area is 45.2 Å². The van der Waals surface area contributed by atoms with Gasteiger partial charge in [-0.05, 0) is 0 Å². The van der Waals surface area contributed by atoms with E-state index in [9.17, 15) is 0 Å². The van der Waals surface area contributed by atoms with Crippen LogP contribution in [0.4, 0.5) is 0 Å². The molecule has 0 amide bonds. The third-order valence-electron chi connectivity index (χ3n) is 0. The molecule has 0 aromatic carbocycles. The van der Waals surface area contributed by atoms with Gasteiger partial charge >= 0.3 is 27.0 Å². The monoisotopic (exact) mass is 191 g/mol. The van der Waals surface area contributed by atoms with Crippen LogP contribution in [0.3, 0.4) is 0 Å². The van der Waals surface area contributed by atoms with Crippen molar-refractivity contribution in [3.8, 4) is 0 Å². The van der Waals surface area contributed by atoms with Crippen LogP contribution in [0.15, 0.2) is 0 Å². The van der Waals surface area contributed by atoms with Crippen molar-refractivity contribution in [2.75, 3.05) is 0 Å². The molecular weight excluding hydrogens is 188 g/mol. The molecule has 0 aromatic rings. The van der Waals surface area contributed by atoms with Crippen molar-refractivity contribution in [3.05, 3.63) is 0 Å². The summed E-state index contributed by atoms with van der Waals surface area (Å²) in [5.74, 6) is 0. The average molecular weight is 191 g/mol. The first kappa shape index (κ1) is 19.1. The summed E-state index contributed by atoms with van der Waals surface area (Å²) in [6, 6.07) is 0. The van der Waals surface area contributed by atoms with Crippen LogP contribution in [0.2, 0.25) is 0 Å². The average Bonchev–Trinajstić information content (AvgIpc) is 1.00. The Bertz CT molecular complexity index is 6.00. The van der Waals surface area contributed by atoms with Crippen LogP contribution in [0.25, 0.3) is 0 Å². The van der Waals surface area contributed by atoms with Gasteiger partial charge in [0.2, 0.25) is 0 Å². The molecule has 0 unspecified atom stereocenters. The molecule has 31 valence electrons. The Balaban J connectivity index is -0.00000000500. The molecule has 0 aliphatic heterocycles. The molecule has 1 nitrogen and oxygen atoms in total. The summed E-state index contributed by atoms with van der Waals surface area (Å²) in [6.45, 7) is 0. The molecule has 0 fully saturated rings. The Morgan fingerprint density at radius 1 is 1.25 bits per heavy atom. The molecule has 4 heavy (non-hydrogen) atoms. The van der Waals surface area contributed by atoms with Gasteiger partial charge in [-0.15, -0.1) is 12.4 Å². The van der Waals surface area contributed by atoms with Gasteiger partial charge in [-0.1, -0.05) is 0 Å². The van der Waals surface area contributed by atoms with Crippen molar-refractivity contribution in [1.29, 1.82) is 0 Å². The molecule has 0 aromatic heterocycles. The molecule has 0 saturated carbocycles. The number of halogens is 2. The maximum absolute atomic E-state index is 4.57. The fraction of sp³-hybridized carbons (Fsp3) is 0. The van der Waals surface area contributed by atoms with Gasteiger partial charge in [0.05, 0.1) is 0 Å². The first-order valence-electron chi connectivity index (χ1n) is 0.134. The molecule has 0 aliphatic carbocycles. The van der Waals surface area contributed by atoms with Gasteiger partial charge in [0.15, 0.2) is 0 Å². The van der Waals surface area contributed by atoms with E-state index in [0.29, 0.717) is 0 Å². The molecule has 0 saturated heterocycles. The number of hydrogen-bond acceptors (Lipinski definition) is 0. The van der Waals surface area contributed by atoms with E-state index in [4.69, 9.17) is 0 Å². The second-order valence-corrected chi connectivity index (χ2v) is 0. The summed E-state index contributed by atoms with van der Waals surface area (Å²) >= 11 is 1.82. The minimum atomic E-state index is 0. The Hall–Kier alpha value is 1.16. The molecule has 4 heteroatoms. The zero-order valence-corrected chi connectivity index (χ0v) is 4.95. The quantitative estimate of drug-likeness (QED) is 0.492. The van der Waals surface area contributed by atoms with Crippen molar-refractivity contribution in [2.45, 2.75) is 0 Å². The van der Waals surface area contributed by atoms with Crippen molar-refractivity contribution in [3.63, 3.8) is 0 Å². The van der Waals surface area contributed by atoms with Crippen LogP contribution in [0, 0.1) is 0 Å². The summed E-state index contributed by atoms with van der Waals surface area (Å²) < 4.78 is 0. The van der Waals surface area contributed by atoms with E-state index < -0.39 is 0 Å². The normalized spacial score (nSPS) is 1.50. The predicted octanol–water partition coefficient (Wildman–Crippen LogP) is 0.284. The summed E-state index contributed by atoms with van der Waals surface area (Å²) in [5.41, 5.74) is 0. The third-order valence-corrected chi connectivity index (χ3v) is 0. The van der Waals surface area contributed by atoms with Gasteiger partial charge in [-0.2, -0.15) is 0 Å². The standard InChI is InChI=1S/2ClH.H2O.Ru/h2*1H;1H2;/q;;;+1/p-1. The Morgan fingerprint density at radius 3 is 1.25 bits per heavy atom. The Morgan fingerprint density at radius 2 is 1.25 bits per heavy atom. The van der Waals surface area contributed by atoms with Crippen molar-refractivity contribution >= 4 is 22.1 Å². The zero-order chi connectivity index (χ0) is 2.00. The fourth-order valence-electron chi connectivity index (χ4n) is 0. The molecule has 0 spiro atoms. The van der Waals surface area contributed by atoms with E-state index in [2.05, 4.69) is 9.69 Å².